The number of ether oxygens (including phenoxy) is 1. The molecular formula is C16H14BrN3O4S. The van der Waals surface area contributed by atoms with Gasteiger partial charge in [-0.15, -0.1) is 11.3 Å². The van der Waals surface area contributed by atoms with E-state index < -0.39 is 24.5 Å². The fraction of sp³-hybridized carbons (Fsp3) is 0.250. The number of aromatic nitrogens is 1. The number of benzene rings is 1. The third-order valence-electron chi connectivity index (χ3n) is 3.50. The van der Waals surface area contributed by atoms with Crippen LogP contribution in [0.25, 0.3) is 11.3 Å². The molecule has 2 heterocycles. The normalized spacial score (nSPS) is 16.4. The summed E-state index contributed by atoms with van der Waals surface area (Å²) in [6.45, 7) is -0.420. The van der Waals surface area contributed by atoms with Gasteiger partial charge in [-0.1, -0.05) is 28.1 Å². The Labute approximate surface area is 155 Å². The van der Waals surface area contributed by atoms with Crippen molar-refractivity contribution in [2.75, 3.05) is 11.9 Å². The fourth-order valence-corrected chi connectivity index (χ4v) is 3.43. The maximum atomic E-state index is 11.9. The Balaban J connectivity index is 1.52. The van der Waals surface area contributed by atoms with Crippen molar-refractivity contribution >= 4 is 50.2 Å². The zero-order valence-electron chi connectivity index (χ0n) is 13.0. The molecule has 1 aromatic carbocycles. The molecule has 7 nitrogen and oxygen atoms in total. The molecule has 1 aromatic heterocycles. The second-order valence-corrected chi connectivity index (χ2v) is 7.14. The van der Waals surface area contributed by atoms with Crippen LogP contribution < -0.4 is 10.6 Å². The molecule has 1 fully saturated rings. The molecule has 2 N–H and O–H groups in total. The second-order valence-electron chi connectivity index (χ2n) is 5.36. The Morgan fingerprint density at radius 3 is 3.00 bits per heavy atom. The Bertz CT molecular complexity index is 823. The number of amides is 2. The van der Waals surface area contributed by atoms with Gasteiger partial charge in [-0.3, -0.25) is 14.9 Å². The van der Waals surface area contributed by atoms with Crippen LogP contribution in [0.2, 0.25) is 0 Å². The van der Waals surface area contributed by atoms with E-state index in [2.05, 4.69) is 31.5 Å². The number of carbonyl (C=O) groups is 3. The van der Waals surface area contributed by atoms with Crippen LogP contribution in [0.1, 0.15) is 12.8 Å². The molecule has 1 atom stereocenters. The Hall–Kier alpha value is -2.26. The average molecular weight is 424 g/mol. The van der Waals surface area contributed by atoms with Crippen molar-refractivity contribution in [2.45, 2.75) is 18.9 Å². The van der Waals surface area contributed by atoms with Gasteiger partial charge in [0.1, 0.15) is 6.04 Å². The number of hydrogen-bond acceptors (Lipinski definition) is 6. The molecule has 25 heavy (non-hydrogen) atoms. The highest BCUT2D eigenvalue weighted by molar-refractivity contribution is 9.10. The highest BCUT2D eigenvalue weighted by atomic mass is 79.9. The van der Waals surface area contributed by atoms with E-state index in [1.165, 1.54) is 11.3 Å². The number of anilines is 1. The number of thiazole rings is 1. The minimum absolute atomic E-state index is 0.186. The zero-order chi connectivity index (χ0) is 17.8. The molecule has 0 radical (unpaired) electrons. The summed E-state index contributed by atoms with van der Waals surface area (Å²) in [7, 11) is 0. The summed E-state index contributed by atoms with van der Waals surface area (Å²) in [5, 5.41) is 7.34. The van der Waals surface area contributed by atoms with E-state index in [4.69, 9.17) is 4.74 Å². The van der Waals surface area contributed by atoms with Gasteiger partial charge in [0.25, 0.3) is 5.91 Å². The number of halogens is 1. The van der Waals surface area contributed by atoms with Gasteiger partial charge in [0.05, 0.1) is 5.69 Å². The van der Waals surface area contributed by atoms with Crippen LogP contribution in [0.4, 0.5) is 5.13 Å². The molecule has 1 aliphatic heterocycles. The van der Waals surface area contributed by atoms with Gasteiger partial charge in [0.15, 0.2) is 11.7 Å². The van der Waals surface area contributed by atoms with Gasteiger partial charge in [-0.05, 0) is 18.6 Å². The SMILES string of the molecule is O=C(COC(=O)C1CCC(=O)N1)Nc1nc(-c2cccc(Br)c2)cs1. The molecule has 2 amide bonds. The maximum absolute atomic E-state index is 11.9. The smallest absolute Gasteiger partial charge is 0.329 e. The Morgan fingerprint density at radius 1 is 1.44 bits per heavy atom. The van der Waals surface area contributed by atoms with Crippen LogP contribution >= 0.6 is 27.3 Å². The standard InChI is InChI=1S/C16H14BrN3O4S/c17-10-3-1-2-9(6-10)12-8-25-16(19-12)20-14(22)7-24-15(23)11-4-5-13(21)18-11/h1-3,6,8,11H,4-5,7H2,(H,18,21)(H,19,20,22). The van der Waals surface area contributed by atoms with Crippen LogP contribution in [0.5, 0.6) is 0 Å². The lowest BCUT2D eigenvalue weighted by Crippen LogP contribution is -2.36. The van der Waals surface area contributed by atoms with Crippen LogP contribution in [0, 0.1) is 0 Å². The minimum atomic E-state index is -0.664. The van der Waals surface area contributed by atoms with E-state index in [9.17, 15) is 14.4 Å². The highest BCUT2D eigenvalue weighted by Crippen LogP contribution is 2.26. The predicted octanol–water partition coefficient (Wildman–Crippen LogP) is 2.33. The van der Waals surface area contributed by atoms with Crippen LogP contribution in [-0.4, -0.2) is 35.4 Å². The molecule has 3 rings (SSSR count). The molecule has 130 valence electrons. The molecule has 2 aromatic rings. The number of esters is 1. The van der Waals surface area contributed by atoms with Gasteiger partial charge in [-0.2, -0.15) is 0 Å². The molecule has 1 saturated heterocycles. The van der Waals surface area contributed by atoms with E-state index in [0.29, 0.717) is 18.0 Å². The van der Waals surface area contributed by atoms with Gasteiger partial charge in [-0.25, -0.2) is 9.78 Å². The summed E-state index contributed by atoms with van der Waals surface area (Å²) in [5.74, 6) is -1.27. The summed E-state index contributed by atoms with van der Waals surface area (Å²) in [6.07, 6.45) is 0.686. The maximum Gasteiger partial charge on any atom is 0.329 e. The first-order chi connectivity index (χ1) is 12.0. The number of rotatable bonds is 5. The highest BCUT2D eigenvalue weighted by Gasteiger charge is 2.28. The van der Waals surface area contributed by atoms with Crippen molar-refractivity contribution < 1.29 is 19.1 Å². The topological polar surface area (TPSA) is 97.4 Å². The molecule has 0 aliphatic carbocycles. The number of hydrogen-bond donors (Lipinski definition) is 2. The lowest BCUT2D eigenvalue weighted by atomic mass is 10.2. The van der Waals surface area contributed by atoms with E-state index in [0.717, 1.165) is 15.7 Å². The third kappa shape index (κ3) is 4.64. The summed E-state index contributed by atoms with van der Waals surface area (Å²) in [4.78, 5) is 39.0. The van der Waals surface area contributed by atoms with Gasteiger partial charge < -0.3 is 10.1 Å². The number of nitrogens with one attached hydrogen (secondary N) is 2. The molecule has 0 saturated carbocycles. The summed E-state index contributed by atoms with van der Waals surface area (Å²) < 4.78 is 5.86. The first-order valence-electron chi connectivity index (χ1n) is 7.48. The van der Waals surface area contributed by atoms with Crippen molar-refractivity contribution in [2.24, 2.45) is 0 Å². The van der Waals surface area contributed by atoms with Crippen LogP contribution in [0.3, 0.4) is 0 Å². The molecule has 1 aliphatic rings. The lowest BCUT2D eigenvalue weighted by Gasteiger charge is -2.09. The van der Waals surface area contributed by atoms with Crippen LogP contribution in [0.15, 0.2) is 34.1 Å². The summed E-state index contributed by atoms with van der Waals surface area (Å²) >= 11 is 4.69. The minimum Gasteiger partial charge on any atom is -0.454 e. The monoisotopic (exact) mass is 423 g/mol. The Morgan fingerprint density at radius 2 is 2.28 bits per heavy atom. The van der Waals surface area contributed by atoms with E-state index >= 15 is 0 Å². The Kier molecular flexibility index (Phi) is 5.44. The second kappa shape index (κ2) is 7.75. The van der Waals surface area contributed by atoms with E-state index in [1.54, 1.807) is 0 Å². The van der Waals surface area contributed by atoms with Crippen molar-refractivity contribution in [3.8, 4) is 11.3 Å². The molecule has 1 unspecified atom stereocenters. The van der Waals surface area contributed by atoms with Gasteiger partial charge in [0, 0.05) is 21.8 Å². The first kappa shape index (κ1) is 17.6. The summed E-state index contributed by atoms with van der Waals surface area (Å²) in [5.41, 5.74) is 1.67. The predicted molar refractivity (Wildman–Crippen MR) is 96.0 cm³/mol. The average Bonchev–Trinajstić information content (AvgIpc) is 3.22. The zero-order valence-corrected chi connectivity index (χ0v) is 15.4. The molecule has 9 heteroatoms. The summed E-state index contributed by atoms with van der Waals surface area (Å²) in [6, 6.07) is 7.00. The van der Waals surface area contributed by atoms with Crippen molar-refractivity contribution in [3.63, 3.8) is 0 Å². The first-order valence-corrected chi connectivity index (χ1v) is 9.16. The fourth-order valence-electron chi connectivity index (χ4n) is 2.30. The molecular weight excluding hydrogens is 410 g/mol. The molecule has 0 spiro atoms. The van der Waals surface area contributed by atoms with Crippen molar-refractivity contribution in [3.05, 3.63) is 34.1 Å². The van der Waals surface area contributed by atoms with E-state index in [-0.39, 0.29) is 5.91 Å². The number of carbonyl (C=O) groups excluding carboxylic acids is 3. The van der Waals surface area contributed by atoms with Crippen LogP contribution in [-0.2, 0) is 19.1 Å². The quantitative estimate of drug-likeness (QED) is 0.719. The van der Waals surface area contributed by atoms with Crippen molar-refractivity contribution in [1.29, 1.82) is 0 Å². The lowest BCUT2D eigenvalue weighted by molar-refractivity contribution is -0.149. The van der Waals surface area contributed by atoms with Gasteiger partial charge in [0.2, 0.25) is 5.91 Å². The number of nitrogens with zero attached hydrogens (tertiary/aromatic N) is 1. The third-order valence-corrected chi connectivity index (χ3v) is 4.75. The largest absolute Gasteiger partial charge is 0.454 e. The van der Waals surface area contributed by atoms with Crippen molar-refractivity contribution in [1.82, 2.24) is 10.3 Å². The molecule has 0 bridgehead atoms. The van der Waals surface area contributed by atoms with E-state index in [1.807, 2.05) is 29.6 Å². The van der Waals surface area contributed by atoms with Gasteiger partial charge >= 0.3 is 5.97 Å².